The largest absolute Gasteiger partial charge is 0.480 e. The van der Waals surface area contributed by atoms with Crippen molar-refractivity contribution in [1.82, 2.24) is 5.32 Å². The summed E-state index contributed by atoms with van der Waals surface area (Å²) in [7, 11) is 0. The molecule has 0 bridgehead atoms. The van der Waals surface area contributed by atoms with Crippen LogP contribution in [0.4, 0.5) is 0 Å². The van der Waals surface area contributed by atoms with E-state index in [0.717, 1.165) is 0 Å². The normalized spacial score (nSPS) is 33.4. The van der Waals surface area contributed by atoms with Gasteiger partial charge in [0, 0.05) is 6.92 Å². The van der Waals surface area contributed by atoms with E-state index in [4.69, 9.17) is 20.7 Å². The number of nitrogens with two attached hydrogens (primary N) is 1. The van der Waals surface area contributed by atoms with Gasteiger partial charge in [-0.25, -0.2) is 0 Å². The fourth-order valence-electron chi connectivity index (χ4n) is 1.49. The number of hydrogen-bond donors (Lipinski definition) is 7. The van der Waals surface area contributed by atoms with Crippen molar-refractivity contribution < 1.29 is 39.9 Å². The standard InChI is InChI=1S/C8H15NO6.C3H7NO2/c1-3(11)9-5-7(13)6(12)4(2-10)15-8(5)14;1-2(4)3(5)6/h4-8,10,12-14H,2H2,1H3,(H,9,11);2H,4H2,1H3,(H,5,6)/t4-,5-,6-,7-,8?;2-/m11/s1. The minimum absolute atomic E-state index is 0.462. The van der Waals surface area contributed by atoms with E-state index in [-0.39, 0.29) is 0 Å². The number of carboxylic acids is 1. The number of hydrogen-bond acceptors (Lipinski definition) is 8. The quantitative estimate of drug-likeness (QED) is 0.276. The maximum atomic E-state index is 10.7. The molecule has 1 aliphatic heterocycles. The van der Waals surface area contributed by atoms with E-state index in [1.54, 1.807) is 0 Å². The number of aliphatic hydroxyl groups is 4. The van der Waals surface area contributed by atoms with Gasteiger partial charge in [0.2, 0.25) is 5.91 Å². The third kappa shape index (κ3) is 6.33. The topological polar surface area (TPSA) is 183 Å². The molecule has 0 radical (unpaired) electrons. The second kappa shape index (κ2) is 8.87. The molecule has 8 N–H and O–H groups in total. The highest BCUT2D eigenvalue weighted by atomic mass is 16.6. The first-order valence-electron chi connectivity index (χ1n) is 6.17. The van der Waals surface area contributed by atoms with Crippen molar-refractivity contribution in [1.29, 1.82) is 0 Å². The number of carbonyl (C=O) groups is 2. The molecular formula is C11H22N2O8. The highest BCUT2D eigenvalue weighted by molar-refractivity contribution is 5.73. The van der Waals surface area contributed by atoms with Crippen molar-refractivity contribution >= 4 is 11.9 Å². The molecular weight excluding hydrogens is 288 g/mol. The first-order valence-corrected chi connectivity index (χ1v) is 6.17. The summed E-state index contributed by atoms with van der Waals surface area (Å²) in [5.74, 6) is -1.42. The van der Waals surface area contributed by atoms with Gasteiger partial charge in [0.25, 0.3) is 0 Å². The molecule has 0 spiro atoms. The molecule has 1 fully saturated rings. The average Bonchev–Trinajstić information content (AvgIpc) is 2.39. The molecule has 6 atom stereocenters. The fraction of sp³-hybridized carbons (Fsp3) is 0.818. The van der Waals surface area contributed by atoms with Gasteiger partial charge in [-0.3, -0.25) is 9.59 Å². The Hall–Kier alpha value is -1.30. The van der Waals surface area contributed by atoms with Gasteiger partial charge >= 0.3 is 5.97 Å². The van der Waals surface area contributed by atoms with E-state index < -0.39 is 55.2 Å². The molecule has 1 rings (SSSR count). The van der Waals surface area contributed by atoms with Crippen LogP contribution in [0.3, 0.4) is 0 Å². The molecule has 1 amide bonds. The van der Waals surface area contributed by atoms with Crippen LogP contribution < -0.4 is 11.1 Å². The van der Waals surface area contributed by atoms with Crippen molar-refractivity contribution in [2.24, 2.45) is 5.73 Å². The van der Waals surface area contributed by atoms with Gasteiger partial charge in [0.1, 0.15) is 30.4 Å². The predicted octanol–water partition coefficient (Wildman–Crippen LogP) is -3.66. The van der Waals surface area contributed by atoms with Crippen LogP contribution >= 0.6 is 0 Å². The number of amides is 1. The maximum absolute atomic E-state index is 10.7. The number of rotatable bonds is 3. The van der Waals surface area contributed by atoms with Gasteiger partial charge in [0.15, 0.2) is 6.29 Å². The minimum atomic E-state index is -1.45. The van der Waals surface area contributed by atoms with E-state index >= 15 is 0 Å². The third-order valence-electron chi connectivity index (χ3n) is 2.66. The molecule has 1 aliphatic rings. The van der Waals surface area contributed by atoms with Gasteiger partial charge in [-0.15, -0.1) is 0 Å². The van der Waals surface area contributed by atoms with Crippen molar-refractivity contribution in [3.05, 3.63) is 0 Å². The first kappa shape index (κ1) is 19.7. The molecule has 0 saturated carbocycles. The summed E-state index contributed by atoms with van der Waals surface area (Å²) < 4.78 is 4.81. The van der Waals surface area contributed by atoms with Gasteiger partial charge in [-0.1, -0.05) is 0 Å². The van der Waals surface area contributed by atoms with E-state index in [0.29, 0.717) is 0 Å². The molecule has 10 heteroatoms. The summed E-state index contributed by atoms with van der Waals surface area (Å²) in [6, 6.07) is -1.83. The number of carboxylic acid groups (broad SMARTS) is 1. The zero-order chi connectivity index (χ0) is 16.7. The van der Waals surface area contributed by atoms with Gasteiger partial charge in [-0.2, -0.15) is 0 Å². The second-order valence-electron chi connectivity index (χ2n) is 4.58. The Balaban J connectivity index is 0.000000567. The molecule has 0 aromatic rings. The number of aliphatic hydroxyl groups excluding tert-OH is 4. The Morgan fingerprint density at radius 2 is 1.76 bits per heavy atom. The van der Waals surface area contributed by atoms with Gasteiger partial charge in [-0.05, 0) is 6.92 Å². The lowest BCUT2D eigenvalue weighted by molar-refractivity contribution is -0.253. The molecule has 124 valence electrons. The molecule has 1 heterocycles. The maximum Gasteiger partial charge on any atom is 0.320 e. The molecule has 0 aliphatic carbocycles. The Labute approximate surface area is 121 Å². The summed E-state index contributed by atoms with van der Waals surface area (Å²) in [5.41, 5.74) is 4.84. The van der Waals surface area contributed by atoms with Crippen LogP contribution in [0.1, 0.15) is 13.8 Å². The van der Waals surface area contributed by atoms with Crippen LogP contribution in [-0.2, 0) is 14.3 Å². The molecule has 1 saturated heterocycles. The lowest BCUT2D eigenvalue weighted by Gasteiger charge is -2.40. The van der Waals surface area contributed by atoms with Crippen LogP contribution in [0.2, 0.25) is 0 Å². The highest BCUT2D eigenvalue weighted by Crippen LogP contribution is 2.19. The van der Waals surface area contributed by atoms with Crippen molar-refractivity contribution in [3.8, 4) is 0 Å². The zero-order valence-corrected chi connectivity index (χ0v) is 11.7. The predicted molar refractivity (Wildman–Crippen MR) is 68.9 cm³/mol. The van der Waals surface area contributed by atoms with Gasteiger partial charge in [0.05, 0.1) is 6.61 Å². The van der Waals surface area contributed by atoms with E-state index in [1.165, 1.54) is 13.8 Å². The van der Waals surface area contributed by atoms with Crippen molar-refractivity contribution in [2.45, 2.75) is 50.5 Å². The van der Waals surface area contributed by atoms with Crippen LogP contribution in [0.25, 0.3) is 0 Å². The smallest absolute Gasteiger partial charge is 0.320 e. The Bertz CT molecular complexity index is 351. The summed E-state index contributed by atoms with van der Waals surface area (Å²) in [6.07, 6.45) is -5.24. The van der Waals surface area contributed by atoms with Gasteiger partial charge < -0.3 is 41.3 Å². The molecule has 0 aromatic heterocycles. The second-order valence-corrected chi connectivity index (χ2v) is 4.58. The number of aliphatic carboxylic acids is 1. The third-order valence-corrected chi connectivity index (χ3v) is 2.66. The lowest BCUT2D eigenvalue weighted by Crippen LogP contribution is -2.63. The molecule has 21 heavy (non-hydrogen) atoms. The van der Waals surface area contributed by atoms with Crippen LogP contribution in [-0.4, -0.2) is 80.7 Å². The van der Waals surface area contributed by atoms with E-state index in [9.17, 15) is 24.9 Å². The van der Waals surface area contributed by atoms with E-state index in [1.807, 2.05) is 0 Å². The Morgan fingerprint density at radius 1 is 1.29 bits per heavy atom. The fourth-order valence-corrected chi connectivity index (χ4v) is 1.49. The first-order chi connectivity index (χ1) is 9.61. The van der Waals surface area contributed by atoms with Crippen LogP contribution in [0, 0.1) is 0 Å². The number of nitrogens with one attached hydrogen (secondary N) is 1. The summed E-state index contributed by atoms with van der Waals surface area (Å²) in [6.45, 7) is 2.11. The summed E-state index contributed by atoms with van der Waals surface area (Å²) >= 11 is 0. The zero-order valence-electron chi connectivity index (χ0n) is 11.7. The van der Waals surface area contributed by atoms with Crippen LogP contribution in [0.5, 0.6) is 0 Å². The average molecular weight is 310 g/mol. The summed E-state index contributed by atoms with van der Waals surface area (Å²) in [4.78, 5) is 20.3. The van der Waals surface area contributed by atoms with Crippen molar-refractivity contribution in [3.63, 3.8) is 0 Å². The highest BCUT2D eigenvalue weighted by Gasteiger charge is 2.43. The number of carbonyl (C=O) groups excluding carboxylic acids is 1. The SMILES string of the molecule is CC(=O)N[C@H]1C(O)O[C@H](CO)[C@@H](O)[C@@H]1O.C[C@@H](N)C(=O)O. The Kier molecular flexibility index (Phi) is 8.32. The summed E-state index contributed by atoms with van der Waals surface area (Å²) in [5, 5.41) is 47.3. The molecule has 1 unspecified atom stereocenters. The van der Waals surface area contributed by atoms with E-state index in [2.05, 4.69) is 5.32 Å². The number of ether oxygens (including phenoxy) is 1. The minimum Gasteiger partial charge on any atom is -0.480 e. The Morgan fingerprint density at radius 3 is 2.10 bits per heavy atom. The van der Waals surface area contributed by atoms with Crippen molar-refractivity contribution in [2.75, 3.05) is 6.61 Å². The van der Waals surface area contributed by atoms with Crippen LogP contribution in [0.15, 0.2) is 0 Å². The monoisotopic (exact) mass is 310 g/mol. The molecule has 0 aromatic carbocycles. The molecule has 10 nitrogen and oxygen atoms in total. The lowest BCUT2D eigenvalue weighted by atomic mass is 9.97.